The number of terminal acetylenes is 1. The molecule has 0 aliphatic carbocycles. The summed E-state index contributed by atoms with van der Waals surface area (Å²) in [5.41, 5.74) is 2.99. The molecule has 124 valence electrons. The molecular weight excluding hydrogens is 341 g/mol. The van der Waals surface area contributed by atoms with E-state index >= 15 is 0 Å². The Bertz CT molecular complexity index is 760. The second-order valence-electron chi connectivity index (χ2n) is 5.21. The fourth-order valence-electron chi connectivity index (χ4n) is 2.36. The molecule has 0 N–H and O–H groups in total. The van der Waals surface area contributed by atoms with E-state index in [-0.39, 0.29) is 0 Å². The molecule has 2 rings (SSSR count). The van der Waals surface area contributed by atoms with E-state index in [1.165, 1.54) is 0 Å². The van der Waals surface area contributed by atoms with E-state index < -0.39 is 0 Å². The molecule has 0 aliphatic rings. The molecule has 2 aromatic rings. The van der Waals surface area contributed by atoms with Crippen molar-refractivity contribution >= 4 is 28.9 Å². The van der Waals surface area contributed by atoms with E-state index in [1.54, 1.807) is 18.2 Å². The van der Waals surface area contributed by atoms with Crippen molar-refractivity contribution in [3.8, 4) is 18.1 Å². The predicted molar refractivity (Wildman–Crippen MR) is 103 cm³/mol. The first-order valence-electron chi connectivity index (χ1n) is 7.62. The van der Waals surface area contributed by atoms with E-state index in [0.29, 0.717) is 16.7 Å². The molecule has 0 aromatic heterocycles. The minimum Gasteiger partial charge on any atom is -0.489 e. The lowest BCUT2D eigenvalue weighted by Gasteiger charge is -2.23. The Kier molecular flexibility index (Phi) is 6.61. The van der Waals surface area contributed by atoms with E-state index in [0.717, 1.165) is 29.2 Å². The van der Waals surface area contributed by atoms with Gasteiger partial charge in [0.2, 0.25) is 0 Å². The summed E-state index contributed by atoms with van der Waals surface area (Å²) in [5, 5.41) is 1.22. The Hall–Kier alpha value is -2.08. The van der Waals surface area contributed by atoms with Crippen LogP contribution in [0.15, 0.2) is 54.2 Å². The van der Waals surface area contributed by atoms with Gasteiger partial charge in [0.05, 0.1) is 0 Å². The maximum Gasteiger partial charge on any atom is 0.119 e. The van der Waals surface area contributed by atoms with Gasteiger partial charge in [-0.3, -0.25) is 0 Å². The third-order valence-electron chi connectivity index (χ3n) is 3.59. The fraction of sp³-hybridized carbons (Fsp3) is 0.200. The maximum absolute atomic E-state index is 6.15. The van der Waals surface area contributed by atoms with Crippen LogP contribution in [0.1, 0.15) is 19.4 Å². The topological polar surface area (TPSA) is 12.5 Å². The quantitative estimate of drug-likeness (QED) is 0.592. The Morgan fingerprint density at radius 3 is 2.50 bits per heavy atom. The highest BCUT2D eigenvalue weighted by atomic mass is 35.5. The van der Waals surface area contributed by atoms with Gasteiger partial charge in [0.25, 0.3) is 0 Å². The molecule has 0 heterocycles. The molecule has 0 saturated carbocycles. The molecule has 0 unspecified atom stereocenters. The van der Waals surface area contributed by atoms with Gasteiger partial charge in [0, 0.05) is 39.6 Å². The van der Waals surface area contributed by atoms with Crippen molar-refractivity contribution in [3.05, 3.63) is 69.8 Å². The normalized spacial score (nSPS) is 11.0. The second kappa shape index (κ2) is 8.68. The molecule has 2 aromatic carbocycles. The van der Waals surface area contributed by atoms with Gasteiger partial charge in [0.15, 0.2) is 0 Å². The molecule has 0 fully saturated rings. The van der Waals surface area contributed by atoms with Crippen LogP contribution in [0.5, 0.6) is 5.75 Å². The molecule has 0 aliphatic heterocycles. The van der Waals surface area contributed by atoms with Crippen LogP contribution in [-0.2, 0) is 6.61 Å². The summed E-state index contributed by atoms with van der Waals surface area (Å²) < 4.78 is 5.80. The molecule has 0 bridgehead atoms. The molecule has 0 radical (unpaired) electrons. The van der Waals surface area contributed by atoms with Crippen molar-refractivity contribution in [1.29, 1.82) is 0 Å². The average Bonchev–Trinajstić information content (AvgIpc) is 2.56. The number of hydrogen-bond donors (Lipinski definition) is 0. The third kappa shape index (κ3) is 4.71. The van der Waals surface area contributed by atoms with Crippen molar-refractivity contribution in [2.45, 2.75) is 20.5 Å². The number of hydrogen-bond acceptors (Lipinski definition) is 2. The zero-order valence-corrected chi connectivity index (χ0v) is 15.2. The summed E-state index contributed by atoms with van der Waals surface area (Å²) in [4.78, 5) is 2.14. The van der Waals surface area contributed by atoms with Gasteiger partial charge in [0.1, 0.15) is 12.4 Å². The zero-order valence-electron chi connectivity index (χ0n) is 13.7. The van der Waals surface area contributed by atoms with Crippen LogP contribution in [0.3, 0.4) is 0 Å². The van der Waals surface area contributed by atoms with Crippen LogP contribution in [0.2, 0.25) is 10.0 Å². The first-order chi connectivity index (χ1) is 11.5. The van der Waals surface area contributed by atoms with E-state index in [2.05, 4.69) is 17.7 Å². The number of nitrogens with zero attached hydrogens (tertiary/aromatic N) is 1. The van der Waals surface area contributed by atoms with E-state index in [4.69, 9.17) is 34.4 Å². The Labute approximate surface area is 153 Å². The number of halogens is 2. The van der Waals surface area contributed by atoms with Crippen molar-refractivity contribution in [2.75, 3.05) is 11.4 Å². The number of ether oxygens (including phenoxy) is 1. The first-order valence-corrected chi connectivity index (χ1v) is 8.38. The SMILES string of the molecule is C#C/C=C(/C)N(CC)c1ccc(OCc2ccc(Cl)cc2Cl)cc1. The third-order valence-corrected chi connectivity index (χ3v) is 4.18. The molecule has 4 heteroatoms. The van der Waals surface area contributed by atoms with Gasteiger partial charge in [-0.2, -0.15) is 0 Å². The van der Waals surface area contributed by atoms with Crippen LogP contribution >= 0.6 is 23.2 Å². The predicted octanol–water partition coefficient (Wildman–Crippen LogP) is 5.94. The number of benzene rings is 2. The highest BCUT2D eigenvalue weighted by Crippen LogP contribution is 2.25. The minimum absolute atomic E-state index is 0.392. The second-order valence-corrected chi connectivity index (χ2v) is 6.06. The van der Waals surface area contributed by atoms with Crippen LogP contribution in [0.25, 0.3) is 0 Å². The van der Waals surface area contributed by atoms with Gasteiger partial charge in [-0.25, -0.2) is 0 Å². The Balaban J connectivity index is 2.06. The molecule has 2 nitrogen and oxygen atoms in total. The molecular formula is C20H19Cl2NO. The van der Waals surface area contributed by atoms with E-state index in [1.807, 2.05) is 37.3 Å². The average molecular weight is 360 g/mol. The van der Waals surface area contributed by atoms with Crippen molar-refractivity contribution in [3.63, 3.8) is 0 Å². The van der Waals surface area contributed by atoms with Gasteiger partial charge < -0.3 is 9.64 Å². The minimum atomic E-state index is 0.392. The standard InChI is InChI=1S/C20H19Cl2NO/c1-4-6-15(3)23(5-2)18-9-11-19(12-10-18)24-14-16-7-8-17(21)13-20(16)22/h1,6-13H,5,14H2,2-3H3/b15-6-. The molecule has 0 atom stereocenters. The van der Waals surface area contributed by atoms with E-state index in [9.17, 15) is 0 Å². The summed E-state index contributed by atoms with van der Waals surface area (Å²) >= 11 is 12.0. The smallest absolute Gasteiger partial charge is 0.119 e. The lowest BCUT2D eigenvalue weighted by molar-refractivity contribution is 0.306. The van der Waals surface area contributed by atoms with Gasteiger partial charge in [-0.1, -0.05) is 35.2 Å². The van der Waals surface area contributed by atoms with Gasteiger partial charge in [-0.15, -0.1) is 6.42 Å². The van der Waals surface area contributed by atoms with Gasteiger partial charge in [-0.05, 0) is 50.2 Å². The van der Waals surface area contributed by atoms with Crippen LogP contribution < -0.4 is 9.64 Å². The Morgan fingerprint density at radius 1 is 1.21 bits per heavy atom. The molecule has 0 amide bonds. The number of anilines is 1. The van der Waals surface area contributed by atoms with Crippen molar-refractivity contribution < 1.29 is 4.74 Å². The maximum atomic E-state index is 6.15. The van der Waals surface area contributed by atoms with Crippen LogP contribution in [-0.4, -0.2) is 6.54 Å². The largest absolute Gasteiger partial charge is 0.489 e. The lowest BCUT2D eigenvalue weighted by Crippen LogP contribution is -2.19. The molecule has 0 spiro atoms. The summed E-state index contributed by atoms with van der Waals surface area (Å²) in [5.74, 6) is 3.34. The zero-order chi connectivity index (χ0) is 17.5. The van der Waals surface area contributed by atoms with Gasteiger partial charge >= 0.3 is 0 Å². The highest BCUT2D eigenvalue weighted by molar-refractivity contribution is 6.35. The molecule has 0 saturated heterocycles. The number of rotatable bonds is 6. The van der Waals surface area contributed by atoms with Crippen molar-refractivity contribution in [1.82, 2.24) is 0 Å². The van der Waals surface area contributed by atoms with Crippen molar-refractivity contribution in [2.24, 2.45) is 0 Å². The first kappa shape index (κ1) is 18.3. The summed E-state index contributed by atoms with van der Waals surface area (Å²) in [7, 11) is 0. The highest BCUT2D eigenvalue weighted by Gasteiger charge is 2.07. The molecule has 24 heavy (non-hydrogen) atoms. The number of allylic oxidation sites excluding steroid dienone is 2. The fourth-order valence-corrected chi connectivity index (χ4v) is 2.82. The van der Waals surface area contributed by atoms with Crippen LogP contribution in [0.4, 0.5) is 5.69 Å². The van der Waals surface area contributed by atoms with Crippen LogP contribution in [0, 0.1) is 12.3 Å². The summed E-state index contributed by atoms with van der Waals surface area (Å²) in [6.45, 7) is 5.31. The summed E-state index contributed by atoms with van der Waals surface area (Å²) in [6.07, 6.45) is 7.11. The lowest BCUT2D eigenvalue weighted by atomic mass is 10.2. The Morgan fingerprint density at radius 2 is 1.92 bits per heavy atom. The summed E-state index contributed by atoms with van der Waals surface area (Å²) in [6, 6.07) is 13.3. The monoisotopic (exact) mass is 359 g/mol.